The first-order valence-electron chi connectivity index (χ1n) is 18.7. The minimum atomic E-state index is -4.44. The molecule has 5 atom stereocenters. The molecule has 0 radical (unpaired) electrons. The number of ether oxygens (including phenoxy) is 2. The number of benzene rings is 1. The van der Waals surface area contributed by atoms with Crippen LogP contribution in [-0.4, -0.2) is 76.7 Å². The molecule has 2 aliphatic carbocycles. The van der Waals surface area contributed by atoms with Crippen LogP contribution in [0.3, 0.4) is 0 Å². The average molecular weight is 785 g/mol. The lowest BCUT2D eigenvalue weighted by molar-refractivity contribution is -0.159. The second-order valence-corrected chi connectivity index (χ2v) is 17.9. The van der Waals surface area contributed by atoms with E-state index >= 15 is 0 Å². The van der Waals surface area contributed by atoms with Crippen molar-refractivity contribution >= 4 is 45.5 Å². The van der Waals surface area contributed by atoms with Gasteiger partial charge in [0.05, 0.1) is 30.0 Å². The van der Waals surface area contributed by atoms with Gasteiger partial charge in [-0.05, 0) is 72.1 Å². The minimum absolute atomic E-state index is 0.00564. The molecule has 0 unspecified atom stereocenters. The van der Waals surface area contributed by atoms with Crippen LogP contribution in [0.15, 0.2) is 48.6 Å². The summed E-state index contributed by atoms with van der Waals surface area (Å²) < 4.78 is 45.0. The molecule has 13 nitrogen and oxygen atoms in total. The number of esters is 1. The van der Waals surface area contributed by atoms with Gasteiger partial charge in [0.25, 0.3) is 0 Å². The number of nitrogens with one attached hydrogen (secondary N) is 1. The van der Waals surface area contributed by atoms with Gasteiger partial charge in [0.15, 0.2) is 11.6 Å². The highest BCUT2D eigenvalue weighted by molar-refractivity contribution is 7.85. The van der Waals surface area contributed by atoms with Gasteiger partial charge in [-0.2, -0.15) is 13.4 Å². The number of hydrogen-bond acceptors (Lipinski definition) is 11. The smallest absolute Gasteiger partial charge is 0.362 e. The normalized spacial score (nSPS) is 27.8. The van der Waals surface area contributed by atoms with Crippen molar-refractivity contribution in [1.29, 1.82) is 0 Å². The van der Waals surface area contributed by atoms with Crippen molar-refractivity contribution in [2.45, 2.75) is 122 Å². The van der Waals surface area contributed by atoms with Crippen LogP contribution in [-0.2, 0) is 38.4 Å². The van der Waals surface area contributed by atoms with E-state index in [1.807, 2.05) is 42.5 Å². The summed E-state index contributed by atoms with van der Waals surface area (Å²) in [6.45, 7) is 6.94. The highest BCUT2D eigenvalue weighted by Gasteiger charge is 2.61. The zero-order valence-corrected chi connectivity index (χ0v) is 32.8. The van der Waals surface area contributed by atoms with Crippen molar-refractivity contribution in [3.8, 4) is 17.3 Å². The molecule has 6 rings (SSSR count). The van der Waals surface area contributed by atoms with E-state index in [2.05, 4.69) is 14.7 Å². The van der Waals surface area contributed by atoms with Crippen LogP contribution in [0.1, 0.15) is 98.3 Å². The van der Waals surface area contributed by atoms with Gasteiger partial charge in [-0.25, -0.2) is 13.9 Å². The quantitative estimate of drug-likeness (QED) is 0.182. The number of fused-ring (bicyclic) bond motifs is 2. The zero-order valence-electron chi connectivity index (χ0n) is 31.2. The predicted molar refractivity (Wildman–Crippen MR) is 199 cm³/mol. The lowest BCUT2D eigenvalue weighted by atomic mass is 9.90. The van der Waals surface area contributed by atoms with Crippen LogP contribution >= 0.6 is 11.6 Å². The lowest BCUT2D eigenvalue weighted by Gasteiger charge is -2.29. The number of amides is 2. The highest BCUT2D eigenvalue weighted by Crippen LogP contribution is 2.57. The van der Waals surface area contributed by atoms with Gasteiger partial charge in [0.2, 0.25) is 17.7 Å². The molecule has 2 amide bonds. The highest BCUT2D eigenvalue weighted by atomic mass is 35.5. The fourth-order valence-electron chi connectivity index (χ4n) is 7.32. The monoisotopic (exact) mass is 784 g/mol. The van der Waals surface area contributed by atoms with Crippen LogP contribution in [0, 0.1) is 17.3 Å². The third kappa shape index (κ3) is 10.0. The maximum atomic E-state index is 14.5. The van der Waals surface area contributed by atoms with E-state index < -0.39 is 62.6 Å². The van der Waals surface area contributed by atoms with Gasteiger partial charge in [-0.15, -0.1) is 0 Å². The Labute approximate surface area is 321 Å². The molecule has 292 valence electrons. The summed E-state index contributed by atoms with van der Waals surface area (Å²) in [7, 11) is -4.44. The van der Waals surface area contributed by atoms with Crippen molar-refractivity contribution in [3.63, 3.8) is 0 Å². The van der Waals surface area contributed by atoms with Crippen molar-refractivity contribution in [2.24, 2.45) is 17.3 Å². The largest absolute Gasteiger partial charge is 0.472 e. The second-order valence-electron chi connectivity index (χ2n) is 16.3. The van der Waals surface area contributed by atoms with Crippen LogP contribution in [0.25, 0.3) is 11.4 Å². The van der Waals surface area contributed by atoms with Gasteiger partial charge in [0, 0.05) is 30.4 Å². The van der Waals surface area contributed by atoms with Gasteiger partial charge >= 0.3 is 16.3 Å². The van der Waals surface area contributed by atoms with Gasteiger partial charge in [0.1, 0.15) is 16.9 Å². The molecule has 3 fully saturated rings. The fraction of sp³-hybridized carbons (Fsp3) is 0.590. The molecule has 2 aromatic rings. The number of rotatable bonds is 9. The molecule has 4 aliphatic rings. The Morgan fingerprint density at radius 1 is 1.07 bits per heavy atom. The summed E-state index contributed by atoms with van der Waals surface area (Å²) in [6.07, 6.45) is 7.52. The standard InChI is InChI=1S/C39H49ClN4O9S/c1-37(2,3)52-33(46)19-26-15-9-6-5-7-12-16-27-22-39(27,36(48)43-54(49,50)53-38(4)17-18-38)23-30(45)29-20-28(24-44(29)35(26)47)51-32-21-31(40)41-34(42-32)25-13-10-8-11-14-25/h8,10-14,16,21,26-29H,5-7,9,15,17-20,22-24H2,1-4H3,(H,43,48)/b16-12-/t26-,27-,28-,29+,39-/m1/s1. The molecular weight excluding hydrogens is 736 g/mol. The summed E-state index contributed by atoms with van der Waals surface area (Å²) >= 11 is 6.38. The number of carbonyl (C=O) groups excluding carboxylic acids is 4. The Morgan fingerprint density at radius 2 is 1.81 bits per heavy atom. The van der Waals surface area contributed by atoms with E-state index in [9.17, 15) is 27.6 Å². The fourth-order valence-corrected chi connectivity index (χ4v) is 8.66. The third-order valence-electron chi connectivity index (χ3n) is 10.4. The number of halogens is 1. The van der Waals surface area contributed by atoms with Crippen molar-refractivity contribution in [2.75, 3.05) is 6.54 Å². The Bertz CT molecular complexity index is 1900. The maximum Gasteiger partial charge on any atom is 0.362 e. The first-order valence-corrected chi connectivity index (χ1v) is 20.5. The van der Waals surface area contributed by atoms with E-state index in [0.29, 0.717) is 37.9 Å². The summed E-state index contributed by atoms with van der Waals surface area (Å²) in [5.41, 5.74) is -2.23. The Kier molecular flexibility index (Phi) is 11.6. The number of Topliss-reactive ketones (excluding diaryl/α,β-unsaturated/α-hetero) is 1. The Morgan fingerprint density at radius 3 is 2.52 bits per heavy atom. The topological polar surface area (TPSA) is 171 Å². The van der Waals surface area contributed by atoms with Crippen LogP contribution in [0.5, 0.6) is 5.88 Å². The SMILES string of the molecule is CC(C)(C)OC(=O)C[C@H]1CCCCC/C=C\[C@@H]2C[C@@]2(C(=O)NS(=O)(=O)OC2(C)CC2)CC(=O)[C@@H]2C[C@@H](Oc3cc(Cl)nc(-c4ccccc4)n3)CN2C1=O. The molecule has 1 aromatic carbocycles. The molecule has 1 aromatic heterocycles. The van der Waals surface area contributed by atoms with Gasteiger partial charge in [-0.1, -0.05) is 66.9 Å². The van der Waals surface area contributed by atoms with Crippen molar-refractivity contribution in [1.82, 2.24) is 19.6 Å². The van der Waals surface area contributed by atoms with Gasteiger partial charge in [-0.3, -0.25) is 19.2 Å². The number of ketones is 1. The first kappa shape index (κ1) is 39.8. The first-order chi connectivity index (χ1) is 25.4. The van der Waals surface area contributed by atoms with Crippen LogP contribution < -0.4 is 9.46 Å². The molecule has 0 spiro atoms. The summed E-state index contributed by atoms with van der Waals surface area (Å²) in [4.78, 5) is 66.2. The molecule has 3 heterocycles. The molecule has 1 saturated heterocycles. The predicted octanol–water partition coefficient (Wildman–Crippen LogP) is 5.91. The Balaban J connectivity index is 1.29. The average Bonchev–Trinajstić information content (AvgIpc) is 3.94. The van der Waals surface area contributed by atoms with Gasteiger partial charge < -0.3 is 14.4 Å². The number of hydrogen-bond donors (Lipinski definition) is 1. The van der Waals surface area contributed by atoms with E-state index in [1.54, 1.807) is 27.7 Å². The van der Waals surface area contributed by atoms with Crippen molar-refractivity contribution in [3.05, 3.63) is 53.7 Å². The zero-order chi connectivity index (χ0) is 38.9. The molecule has 15 heteroatoms. The number of nitrogens with zero attached hydrogens (tertiary/aromatic N) is 3. The summed E-state index contributed by atoms with van der Waals surface area (Å²) in [6, 6.07) is 9.66. The molecular formula is C39H49ClN4O9S. The second kappa shape index (κ2) is 15.7. The van der Waals surface area contributed by atoms with E-state index in [0.717, 1.165) is 18.4 Å². The van der Waals surface area contributed by atoms with E-state index in [-0.39, 0.29) is 55.1 Å². The number of allylic oxidation sites excluding steroid dienone is 2. The molecule has 0 bridgehead atoms. The lowest BCUT2D eigenvalue weighted by Crippen LogP contribution is -2.46. The van der Waals surface area contributed by atoms with Crippen molar-refractivity contribution < 1.29 is 41.3 Å². The van der Waals surface area contributed by atoms with E-state index in [4.69, 9.17) is 25.3 Å². The van der Waals surface area contributed by atoms with Crippen LogP contribution in [0.2, 0.25) is 5.15 Å². The molecule has 2 saturated carbocycles. The van der Waals surface area contributed by atoms with E-state index in [1.165, 1.54) is 11.0 Å². The molecule has 2 aliphatic heterocycles. The third-order valence-corrected chi connectivity index (χ3v) is 11.7. The summed E-state index contributed by atoms with van der Waals surface area (Å²) in [5, 5.41) is 0.145. The number of carbonyl (C=O) groups is 4. The summed E-state index contributed by atoms with van der Waals surface area (Å²) in [5.74, 6) is -2.76. The maximum absolute atomic E-state index is 14.5. The van der Waals surface area contributed by atoms with Crippen LogP contribution in [0.4, 0.5) is 0 Å². The molecule has 1 N–H and O–H groups in total. The minimum Gasteiger partial charge on any atom is -0.472 e. The number of aromatic nitrogens is 2. The Hall–Kier alpha value is -3.88. The molecule has 54 heavy (non-hydrogen) atoms.